The highest BCUT2D eigenvalue weighted by atomic mass is 79.9. The molecule has 0 saturated heterocycles. The monoisotopic (exact) mass is 318 g/mol. The SMILES string of the molecule is BrC=CC(Br)CCCBr. The third-order valence-corrected chi connectivity index (χ3v) is 2.52. The molecule has 0 N–H and O–H groups in total. The molecule has 0 aliphatic heterocycles. The molecule has 9 heavy (non-hydrogen) atoms. The minimum Gasteiger partial charge on any atom is -0.0928 e. The van der Waals surface area contributed by atoms with E-state index in [2.05, 4.69) is 53.9 Å². The Hall–Kier alpha value is 1.18. The van der Waals surface area contributed by atoms with Gasteiger partial charge in [-0.05, 0) is 17.8 Å². The average Bonchev–Trinajstić information content (AvgIpc) is 1.85. The van der Waals surface area contributed by atoms with Gasteiger partial charge in [-0.25, -0.2) is 0 Å². The van der Waals surface area contributed by atoms with Crippen molar-refractivity contribution in [2.75, 3.05) is 5.33 Å². The third-order valence-electron chi connectivity index (χ3n) is 0.895. The van der Waals surface area contributed by atoms with Gasteiger partial charge in [-0.2, -0.15) is 0 Å². The van der Waals surface area contributed by atoms with Crippen LogP contribution in [0.2, 0.25) is 0 Å². The van der Waals surface area contributed by atoms with Crippen LogP contribution in [0.15, 0.2) is 11.1 Å². The summed E-state index contributed by atoms with van der Waals surface area (Å²) in [4.78, 5) is 2.41. The summed E-state index contributed by atoms with van der Waals surface area (Å²) < 4.78 is 0. The average molecular weight is 321 g/mol. The van der Waals surface area contributed by atoms with Crippen molar-refractivity contribution in [1.29, 1.82) is 0 Å². The molecular formula is C6H9Br3. The van der Waals surface area contributed by atoms with Gasteiger partial charge in [0.25, 0.3) is 0 Å². The van der Waals surface area contributed by atoms with Gasteiger partial charge in [-0.15, -0.1) is 0 Å². The largest absolute Gasteiger partial charge is 0.0928 e. The van der Waals surface area contributed by atoms with Crippen molar-refractivity contribution in [3.05, 3.63) is 11.1 Å². The van der Waals surface area contributed by atoms with E-state index >= 15 is 0 Å². The Morgan fingerprint density at radius 1 is 1.44 bits per heavy atom. The van der Waals surface area contributed by atoms with Crippen LogP contribution in [0.25, 0.3) is 0 Å². The summed E-state index contributed by atoms with van der Waals surface area (Å²) in [5, 5.41) is 1.09. The molecule has 0 aromatic heterocycles. The number of hydrogen-bond acceptors (Lipinski definition) is 0. The van der Waals surface area contributed by atoms with Crippen LogP contribution in [0.5, 0.6) is 0 Å². The van der Waals surface area contributed by atoms with Crippen LogP contribution in [0, 0.1) is 0 Å². The molecule has 0 aromatic rings. The molecule has 0 heterocycles. The van der Waals surface area contributed by atoms with Gasteiger partial charge in [0.15, 0.2) is 0 Å². The molecule has 0 aliphatic rings. The number of rotatable bonds is 4. The van der Waals surface area contributed by atoms with Crippen molar-refractivity contribution < 1.29 is 0 Å². The number of alkyl halides is 2. The highest BCUT2D eigenvalue weighted by Crippen LogP contribution is 2.11. The summed E-state index contributed by atoms with van der Waals surface area (Å²) in [6, 6.07) is 0. The Bertz CT molecular complexity index is 80.4. The Kier molecular flexibility index (Phi) is 8.24. The van der Waals surface area contributed by atoms with Gasteiger partial charge >= 0.3 is 0 Å². The minimum atomic E-state index is 0.523. The second kappa shape index (κ2) is 7.29. The predicted molar refractivity (Wildman–Crippen MR) is 53.8 cm³/mol. The third kappa shape index (κ3) is 7.07. The van der Waals surface area contributed by atoms with Gasteiger partial charge in [0.1, 0.15) is 0 Å². The smallest absolute Gasteiger partial charge is 0.0333 e. The molecule has 0 rings (SSSR count). The van der Waals surface area contributed by atoms with E-state index in [0.717, 1.165) is 5.33 Å². The quantitative estimate of drug-likeness (QED) is 0.691. The van der Waals surface area contributed by atoms with Crippen LogP contribution in [-0.2, 0) is 0 Å². The molecule has 54 valence electrons. The molecular weight excluding hydrogens is 312 g/mol. The lowest BCUT2D eigenvalue weighted by molar-refractivity contribution is 0.850. The van der Waals surface area contributed by atoms with Gasteiger partial charge < -0.3 is 0 Å². The lowest BCUT2D eigenvalue weighted by Crippen LogP contribution is -1.91. The molecule has 0 aromatic carbocycles. The molecule has 0 radical (unpaired) electrons. The van der Waals surface area contributed by atoms with Crippen molar-refractivity contribution in [3.8, 4) is 0 Å². The van der Waals surface area contributed by atoms with E-state index in [4.69, 9.17) is 0 Å². The summed E-state index contributed by atoms with van der Waals surface area (Å²) in [5.41, 5.74) is 0. The van der Waals surface area contributed by atoms with Gasteiger partial charge in [0, 0.05) is 10.2 Å². The Labute approximate surface area is 81.5 Å². The molecule has 0 bridgehead atoms. The van der Waals surface area contributed by atoms with E-state index in [-0.39, 0.29) is 0 Å². The van der Waals surface area contributed by atoms with Crippen LogP contribution in [0.4, 0.5) is 0 Å². The highest BCUT2D eigenvalue weighted by molar-refractivity contribution is 9.11. The maximum Gasteiger partial charge on any atom is 0.0333 e. The summed E-state index contributed by atoms with van der Waals surface area (Å²) >= 11 is 10.1. The predicted octanol–water partition coefficient (Wildman–Crippen LogP) is 3.83. The van der Waals surface area contributed by atoms with Crippen LogP contribution in [0.1, 0.15) is 12.8 Å². The molecule has 0 saturated carbocycles. The van der Waals surface area contributed by atoms with E-state index in [9.17, 15) is 0 Å². The number of allylic oxidation sites excluding steroid dienone is 1. The molecule has 0 nitrogen and oxygen atoms in total. The maximum absolute atomic E-state index is 3.50. The van der Waals surface area contributed by atoms with Crippen molar-refractivity contribution in [2.45, 2.75) is 17.7 Å². The molecule has 3 heteroatoms. The first-order valence-corrected chi connectivity index (χ1v) is 5.73. The van der Waals surface area contributed by atoms with Crippen molar-refractivity contribution in [2.24, 2.45) is 0 Å². The van der Waals surface area contributed by atoms with Crippen LogP contribution >= 0.6 is 47.8 Å². The molecule has 0 amide bonds. The zero-order chi connectivity index (χ0) is 7.11. The Balaban J connectivity index is 3.15. The summed E-state index contributed by atoms with van der Waals surface area (Å²) in [6.45, 7) is 0. The van der Waals surface area contributed by atoms with E-state index in [0.29, 0.717) is 4.83 Å². The fourth-order valence-electron chi connectivity index (χ4n) is 0.447. The Morgan fingerprint density at radius 3 is 2.56 bits per heavy atom. The van der Waals surface area contributed by atoms with Gasteiger partial charge in [0.2, 0.25) is 0 Å². The minimum absolute atomic E-state index is 0.523. The van der Waals surface area contributed by atoms with Crippen molar-refractivity contribution in [1.82, 2.24) is 0 Å². The number of halogens is 3. The first-order chi connectivity index (χ1) is 4.31. The fraction of sp³-hybridized carbons (Fsp3) is 0.667. The van der Waals surface area contributed by atoms with E-state index in [1.165, 1.54) is 12.8 Å². The first-order valence-electron chi connectivity index (χ1n) is 2.78. The van der Waals surface area contributed by atoms with E-state index < -0.39 is 0 Å². The lowest BCUT2D eigenvalue weighted by atomic mass is 10.2. The zero-order valence-corrected chi connectivity index (χ0v) is 9.75. The van der Waals surface area contributed by atoms with Gasteiger partial charge in [-0.1, -0.05) is 53.9 Å². The lowest BCUT2D eigenvalue weighted by Gasteiger charge is -1.99. The standard InChI is InChI=1S/C6H9Br3/c7-4-1-2-6(9)3-5-8/h3,5-6H,1-2,4H2. The maximum atomic E-state index is 3.50. The van der Waals surface area contributed by atoms with Crippen molar-refractivity contribution >= 4 is 47.8 Å². The van der Waals surface area contributed by atoms with E-state index in [1.807, 2.05) is 4.99 Å². The fourth-order valence-corrected chi connectivity index (χ4v) is 2.03. The normalized spacial score (nSPS) is 14.6. The second-order valence-electron chi connectivity index (χ2n) is 1.67. The Morgan fingerprint density at radius 2 is 2.11 bits per heavy atom. The van der Waals surface area contributed by atoms with Crippen LogP contribution in [0.3, 0.4) is 0 Å². The first kappa shape index (κ1) is 10.2. The van der Waals surface area contributed by atoms with Crippen molar-refractivity contribution in [3.63, 3.8) is 0 Å². The summed E-state index contributed by atoms with van der Waals surface area (Å²) in [6.07, 6.45) is 4.49. The van der Waals surface area contributed by atoms with Crippen LogP contribution < -0.4 is 0 Å². The molecule has 0 aliphatic carbocycles. The van der Waals surface area contributed by atoms with E-state index in [1.54, 1.807) is 0 Å². The zero-order valence-electron chi connectivity index (χ0n) is 4.99. The highest BCUT2D eigenvalue weighted by Gasteiger charge is 1.95. The number of hydrogen-bond donors (Lipinski definition) is 0. The second-order valence-corrected chi connectivity index (χ2v) is 4.16. The summed E-state index contributed by atoms with van der Waals surface area (Å²) in [7, 11) is 0. The van der Waals surface area contributed by atoms with Gasteiger partial charge in [0.05, 0.1) is 0 Å². The topological polar surface area (TPSA) is 0 Å². The van der Waals surface area contributed by atoms with Crippen LogP contribution in [-0.4, -0.2) is 10.2 Å². The van der Waals surface area contributed by atoms with Gasteiger partial charge in [-0.3, -0.25) is 0 Å². The molecule has 0 fully saturated rings. The summed E-state index contributed by atoms with van der Waals surface area (Å²) in [5.74, 6) is 0. The molecule has 0 spiro atoms. The molecule has 1 atom stereocenters. The molecule has 1 unspecified atom stereocenters.